The first-order valence-corrected chi connectivity index (χ1v) is 6.28. The van der Waals surface area contributed by atoms with Gasteiger partial charge in [-0.05, 0) is 38.0 Å². The molecule has 0 aliphatic heterocycles. The average molecular weight is 283 g/mol. The second kappa shape index (κ2) is 4.45. The SMILES string of the molecule is CCN(C(=O)c1ccc(Br)cc1N)C1CC1. The molecule has 1 fully saturated rings. The lowest BCUT2D eigenvalue weighted by Crippen LogP contribution is -2.33. The molecule has 1 aliphatic carbocycles. The third-order valence-corrected chi connectivity index (χ3v) is 3.33. The van der Waals surface area contributed by atoms with Gasteiger partial charge in [0.25, 0.3) is 5.91 Å². The van der Waals surface area contributed by atoms with Crippen LogP contribution in [0.4, 0.5) is 5.69 Å². The van der Waals surface area contributed by atoms with Crippen molar-refractivity contribution in [1.82, 2.24) is 4.90 Å². The molecule has 0 spiro atoms. The van der Waals surface area contributed by atoms with E-state index >= 15 is 0 Å². The van der Waals surface area contributed by atoms with Crippen molar-refractivity contribution in [2.75, 3.05) is 12.3 Å². The highest BCUT2D eigenvalue weighted by atomic mass is 79.9. The standard InChI is InChI=1S/C12H15BrN2O/c1-2-15(9-4-5-9)12(16)10-6-3-8(13)7-11(10)14/h3,6-7,9H,2,4-5,14H2,1H3. The fourth-order valence-corrected chi connectivity index (χ4v) is 2.22. The molecule has 0 unspecified atom stereocenters. The molecule has 1 aromatic carbocycles. The molecule has 0 radical (unpaired) electrons. The summed E-state index contributed by atoms with van der Waals surface area (Å²) in [5.74, 6) is 0.0509. The largest absolute Gasteiger partial charge is 0.398 e. The molecular formula is C12H15BrN2O. The summed E-state index contributed by atoms with van der Waals surface area (Å²) in [6.45, 7) is 2.75. The highest BCUT2D eigenvalue weighted by Crippen LogP contribution is 2.29. The summed E-state index contributed by atoms with van der Waals surface area (Å²) >= 11 is 3.34. The van der Waals surface area contributed by atoms with Crippen LogP contribution in [-0.4, -0.2) is 23.4 Å². The molecule has 0 bridgehead atoms. The number of anilines is 1. The Morgan fingerprint density at radius 2 is 2.25 bits per heavy atom. The van der Waals surface area contributed by atoms with Gasteiger partial charge in [-0.2, -0.15) is 0 Å². The van der Waals surface area contributed by atoms with Crippen molar-refractivity contribution >= 4 is 27.5 Å². The Morgan fingerprint density at radius 3 is 2.75 bits per heavy atom. The predicted molar refractivity (Wildman–Crippen MR) is 68.3 cm³/mol. The van der Waals surface area contributed by atoms with Crippen molar-refractivity contribution in [3.05, 3.63) is 28.2 Å². The molecule has 4 heteroatoms. The van der Waals surface area contributed by atoms with Gasteiger partial charge in [-0.3, -0.25) is 4.79 Å². The summed E-state index contributed by atoms with van der Waals surface area (Å²) in [5, 5.41) is 0. The van der Waals surface area contributed by atoms with Crippen molar-refractivity contribution < 1.29 is 4.79 Å². The first-order chi connectivity index (χ1) is 7.63. The topological polar surface area (TPSA) is 46.3 Å². The fourth-order valence-electron chi connectivity index (χ4n) is 1.84. The molecule has 0 heterocycles. The minimum Gasteiger partial charge on any atom is -0.398 e. The lowest BCUT2D eigenvalue weighted by molar-refractivity contribution is 0.0753. The minimum atomic E-state index is 0.0509. The molecule has 0 atom stereocenters. The Hall–Kier alpha value is -1.03. The van der Waals surface area contributed by atoms with E-state index in [0.717, 1.165) is 23.9 Å². The number of hydrogen-bond acceptors (Lipinski definition) is 2. The smallest absolute Gasteiger partial charge is 0.256 e. The van der Waals surface area contributed by atoms with Crippen molar-refractivity contribution in [3.63, 3.8) is 0 Å². The average Bonchev–Trinajstić information content (AvgIpc) is 3.02. The summed E-state index contributed by atoms with van der Waals surface area (Å²) in [5.41, 5.74) is 7.01. The number of nitrogens with zero attached hydrogens (tertiary/aromatic N) is 1. The van der Waals surface area contributed by atoms with Crippen molar-refractivity contribution in [1.29, 1.82) is 0 Å². The molecule has 0 saturated heterocycles. The van der Waals surface area contributed by atoms with Gasteiger partial charge in [0.2, 0.25) is 0 Å². The number of carbonyl (C=O) groups excluding carboxylic acids is 1. The van der Waals surface area contributed by atoms with Crippen molar-refractivity contribution in [3.8, 4) is 0 Å². The summed E-state index contributed by atoms with van der Waals surface area (Å²) in [4.78, 5) is 14.1. The molecule has 1 saturated carbocycles. The van der Waals surface area contributed by atoms with Gasteiger partial charge in [0, 0.05) is 22.7 Å². The Balaban J connectivity index is 2.25. The van der Waals surface area contributed by atoms with Crippen LogP contribution in [0.25, 0.3) is 0 Å². The van der Waals surface area contributed by atoms with E-state index in [1.165, 1.54) is 0 Å². The number of hydrogen-bond donors (Lipinski definition) is 1. The fraction of sp³-hybridized carbons (Fsp3) is 0.417. The number of nitrogen functional groups attached to an aromatic ring is 1. The normalized spacial score (nSPS) is 14.9. The quantitative estimate of drug-likeness (QED) is 0.867. The van der Waals surface area contributed by atoms with Crippen LogP contribution < -0.4 is 5.73 Å². The van der Waals surface area contributed by atoms with E-state index in [2.05, 4.69) is 15.9 Å². The van der Waals surface area contributed by atoms with Crippen LogP contribution in [0.15, 0.2) is 22.7 Å². The zero-order valence-corrected chi connectivity index (χ0v) is 10.8. The van der Waals surface area contributed by atoms with Crippen LogP contribution in [0, 0.1) is 0 Å². The van der Waals surface area contributed by atoms with Gasteiger partial charge in [-0.1, -0.05) is 15.9 Å². The molecule has 1 aliphatic rings. The van der Waals surface area contributed by atoms with Gasteiger partial charge >= 0.3 is 0 Å². The van der Waals surface area contributed by atoms with Gasteiger partial charge in [0.05, 0.1) is 5.56 Å². The Morgan fingerprint density at radius 1 is 1.56 bits per heavy atom. The van der Waals surface area contributed by atoms with Crippen LogP contribution >= 0.6 is 15.9 Å². The lowest BCUT2D eigenvalue weighted by Gasteiger charge is -2.21. The molecule has 2 N–H and O–H groups in total. The zero-order valence-electron chi connectivity index (χ0n) is 9.24. The summed E-state index contributed by atoms with van der Waals surface area (Å²) in [7, 11) is 0. The van der Waals surface area contributed by atoms with E-state index < -0.39 is 0 Å². The second-order valence-corrected chi connectivity index (χ2v) is 4.97. The van der Waals surface area contributed by atoms with E-state index in [0.29, 0.717) is 17.3 Å². The van der Waals surface area contributed by atoms with Crippen LogP contribution in [0.1, 0.15) is 30.1 Å². The van der Waals surface area contributed by atoms with Crippen molar-refractivity contribution in [2.24, 2.45) is 0 Å². The maximum atomic E-state index is 12.2. The molecular weight excluding hydrogens is 268 g/mol. The number of nitrogens with two attached hydrogens (primary N) is 1. The predicted octanol–water partition coefficient (Wildman–Crippen LogP) is 2.66. The summed E-state index contributed by atoms with van der Waals surface area (Å²) < 4.78 is 0.899. The molecule has 0 aromatic heterocycles. The number of benzene rings is 1. The second-order valence-electron chi connectivity index (χ2n) is 4.05. The van der Waals surface area contributed by atoms with Gasteiger partial charge in [-0.25, -0.2) is 0 Å². The van der Waals surface area contributed by atoms with E-state index in [1.54, 1.807) is 12.1 Å². The number of amides is 1. The van der Waals surface area contributed by atoms with Crippen LogP contribution in [-0.2, 0) is 0 Å². The Bertz CT molecular complexity index is 415. The number of rotatable bonds is 3. The maximum Gasteiger partial charge on any atom is 0.256 e. The van der Waals surface area contributed by atoms with Crippen LogP contribution in [0.2, 0.25) is 0 Å². The van der Waals surface area contributed by atoms with Crippen molar-refractivity contribution in [2.45, 2.75) is 25.8 Å². The van der Waals surface area contributed by atoms with Gasteiger partial charge in [0.1, 0.15) is 0 Å². The highest BCUT2D eigenvalue weighted by Gasteiger charge is 2.32. The maximum absolute atomic E-state index is 12.2. The van der Waals surface area contributed by atoms with Gasteiger partial charge in [-0.15, -0.1) is 0 Å². The monoisotopic (exact) mass is 282 g/mol. The van der Waals surface area contributed by atoms with E-state index in [-0.39, 0.29) is 5.91 Å². The minimum absolute atomic E-state index is 0.0509. The van der Waals surface area contributed by atoms with E-state index in [4.69, 9.17) is 5.73 Å². The third kappa shape index (κ3) is 2.21. The first kappa shape index (κ1) is 11.5. The molecule has 2 rings (SSSR count). The molecule has 16 heavy (non-hydrogen) atoms. The van der Waals surface area contributed by atoms with Gasteiger partial charge in [0.15, 0.2) is 0 Å². The molecule has 3 nitrogen and oxygen atoms in total. The zero-order chi connectivity index (χ0) is 11.7. The van der Waals surface area contributed by atoms with Gasteiger partial charge < -0.3 is 10.6 Å². The molecule has 1 aromatic rings. The van der Waals surface area contributed by atoms with Crippen LogP contribution in [0.5, 0.6) is 0 Å². The number of halogens is 1. The summed E-state index contributed by atoms with van der Waals surface area (Å²) in [6, 6.07) is 5.84. The molecule has 1 amide bonds. The van der Waals surface area contributed by atoms with Crippen LogP contribution in [0.3, 0.4) is 0 Å². The Kier molecular flexibility index (Phi) is 3.19. The summed E-state index contributed by atoms with van der Waals surface area (Å²) in [6.07, 6.45) is 2.24. The number of carbonyl (C=O) groups is 1. The van der Waals surface area contributed by atoms with E-state index in [9.17, 15) is 4.79 Å². The first-order valence-electron chi connectivity index (χ1n) is 5.49. The highest BCUT2D eigenvalue weighted by molar-refractivity contribution is 9.10. The molecule has 86 valence electrons. The lowest BCUT2D eigenvalue weighted by atomic mass is 10.1. The third-order valence-electron chi connectivity index (χ3n) is 2.83. The van der Waals surface area contributed by atoms with E-state index in [1.807, 2.05) is 17.9 Å². The Labute approximate surface area is 104 Å².